The number of nitrogens with one attached hydrogen (secondary N) is 1. The van der Waals surface area contributed by atoms with Crippen molar-refractivity contribution in [2.45, 2.75) is 0 Å². The minimum atomic E-state index is 0.659. The van der Waals surface area contributed by atoms with Crippen LogP contribution in [0.2, 0.25) is 5.02 Å². The number of benzene rings is 3. The van der Waals surface area contributed by atoms with Crippen LogP contribution in [-0.2, 0) is 0 Å². The molecule has 0 amide bonds. The van der Waals surface area contributed by atoms with Gasteiger partial charge in [-0.15, -0.1) is 0 Å². The molecule has 0 spiro atoms. The van der Waals surface area contributed by atoms with Crippen molar-refractivity contribution in [2.75, 3.05) is 11.1 Å². The van der Waals surface area contributed by atoms with E-state index < -0.39 is 0 Å². The second kappa shape index (κ2) is 5.35. The molecule has 3 aromatic carbocycles. The second-order valence-electron chi connectivity index (χ2n) is 4.56. The summed E-state index contributed by atoms with van der Waals surface area (Å²) in [4.78, 5) is 0. The van der Waals surface area contributed by atoms with Gasteiger partial charge in [-0.2, -0.15) is 0 Å². The molecule has 0 aliphatic rings. The van der Waals surface area contributed by atoms with Crippen molar-refractivity contribution < 1.29 is 0 Å². The smallest absolute Gasteiger partial charge is 0.0632 e. The number of hydrogen-bond donors (Lipinski definition) is 2. The molecule has 3 aromatic rings. The standard InChI is InChI=1S/C16H12BrClN2/c17-12-3-1-11-8-14(5-2-10(11)7-12)20-16-9-13(18)4-6-15(16)19/h1-9,20H,19H2. The summed E-state index contributed by atoms with van der Waals surface area (Å²) in [6, 6.07) is 17.8. The van der Waals surface area contributed by atoms with E-state index in [1.807, 2.05) is 18.2 Å². The average Bonchev–Trinajstić information content (AvgIpc) is 2.43. The zero-order valence-corrected chi connectivity index (χ0v) is 12.9. The first-order valence-corrected chi connectivity index (χ1v) is 7.30. The van der Waals surface area contributed by atoms with Gasteiger partial charge in [-0.05, 0) is 53.2 Å². The van der Waals surface area contributed by atoms with Gasteiger partial charge in [-0.3, -0.25) is 0 Å². The molecule has 0 aliphatic carbocycles. The number of fused-ring (bicyclic) bond motifs is 1. The molecule has 0 heterocycles. The lowest BCUT2D eigenvalue weighted by atomic mass is 10.1. The van der Waals surface area contributed by atoms with Crippen LogP contribution in [0.5, 0.6) is 0 Å². The van der Waals surface area contributed by atoms with Crippen LogP contribution >= 0.6 is 27.5 Å². The summed E-state index contributed by atoms with van der Waals surface area (Å²) in [7, 11) is 0. The van der Waals surface area contributed by atoms with Crippen LogP contribution in [-0.4, -0.2) is 0 Å². The van der Waals surface area contributed by atoms with Gasteiger partial charge in [0.1, 0.15) is 0 Å². The largest absolute Gasteiger partial charge is 0.397 e. The third kappa shape index (κ3) is 2.74. The Hall–Kier alpha value is -1.71. The van der Waals surface area contributed by atoms with Crippen LogP contribution in [0.1, 0.15) is 0 Å². The maximum Gasteiger partial charge on any atom is 0.0632 e. The predicted molar refractivity (Wildman–Crippen MR) is 90.8 cm³/mol. The summed E-state index contributed by atoms with van der Waals surface area (Å²) in [6.45, 7) is 0. The fourth-order valence-electron chi connectivity index (χ4n) is 2.09. The Balaban J connectivity index is 1.98. The van der Waals surface area contributed by atoms with E-state index in [2.05, 4.69) is 45.5 Å². The quantitative estimate of drug-likeness (QED) is 0.594. The lowest BCUT2D eigenvalue weighted by Crippen LogP contribution is -1.96. The summed E-state index contributed by atoms with van der Waals surface area (Å²) in [5.74, 6) is 0. The Morgan fingerprint density at radius 2 is 1.65 bits per heavy atom. The van der Waals surface area contributed by atoms with Crippen molar-refractivity contribution in [2.24, 2.45) is 0 Å². The summed E-state index contributed by atoms with van der Waals surface area (Å²) < 4.78 is 1.07. The molecule has 0 bridgehead atoms. The first-order valence-electron chi connectivity index (χ1n) is 6.13. The number of rotatable bonds is 2. The molecule has 20 heavy (non-hydrogen) atoms. The molecule has 4 heteroatoms. The number of nitrogens with two attached hydrogens (primary N) is 1. The Labute approximate surface area is 130 Å². The van der Waals surface area contributed by atoms with E-state index in [0.717, 1.165) is 15.8 Å². The molecular weight excluding hydrogens is 336 g/mol. The van der Waals surface area contributed by atoms with E-state index >= 15 is 0 Å². The third-order valence-corrected chi connectivity index (χ3v) is 3.82. The van der Waals surface area contributed by atoms with Gasteiger partial charge in [-0.25, -0.2) is 0 Å². The summed E-state index contributed by atoms with van der Waals surface area (Å²) in [6.07, 6.45) is 0. The fourth-order valence-corrected chi connectivity index (χ4v) is 2.64. The zero-order valence-electron chi connectivity index (χ0n) is 10.5. The molecule has 0 saturated carbocycles. The molecule has 0 unspecified atom stereocenters. The Kier molecular flexibility index (Phi) is 3.55. The lowest BCUT2D eigenvalue weighted by Gasteiger charge is -2.10. The molecule has 3 N–H and O–H groups in total. The number of halogens is 2. The van der Waals surface area contributed by atoms with Crippen LogP contribution in [0.15, 0.2) is 59.1 Å². The van der Waals surface area contributed by atoms with Crippen LogP contribution in [0.25, 0.3) is 10.8 Å². The van der Waals surface area contributed by atoms with E-state index in [4.69, 9.17) is 17.3 Å². The molecule has 2 nitrogen and oxygen atoms in total. The van der Waals surface area contributed by atoms with Crippen LogP contribution < -0.4 is 11.1 Å². The third-order valence-electron chi connectivity index (χ3n) is 3.10. The predicted octanol–water partition coefficient (Wildman–Crippen LogP) is 5.58. The van der Waals surface area contributed by atoms with Crippen molar-refractivity contribution in [1.29, 1.82) is 0 Å². The fraction of sp³-hybridized carbons (Fsp3) is 0. The molecular formula is C16H12BrClN2. The minimum Gasteiger partial charge on any atom is -0.397 e. The second-order valence-corrected chi connectivity index (χ2v) is 5.91. The molecule has 100 valence electrons. The first kappa shape index (κ1) is 13.3. The maximum atomic E-state index is 5.99. The SMILES string of the molecule is Nc1ccc(Cl)cc1Nc1ccc2cc(Br)ccc2c1. The van der Waals surface area contributed by atoms with Gasteiger partial charge in [0, 0.05) is 15.2 Å². The van der Waals surface area contributed by atoms with Gasteiger partial charge >= 0.3 is 0 Å². The van der Waals surface area contributed by atoms with Crippen molar-refractivity contribution in [3.63, 3.8) is 0 Å². The lowest BCUT2D eigenvalue weighted by molar-refractivity contribution is 1.56. The summed E-state index contributed by atoms with van der Waals surface area (Å²) in [5.41, 5.74) is 8.41. The summed E-state index contributed by atoms with van der Waals surface area (Å²) >= 11 is 9.47. The van der Waals surface area contributed by atoms with Gasteiger partial charge in [0.15, 0.2) is 0 Å². The highest BCUT2D eigenvalue weighted by atomic mass is 79.9. The summed E-state index contributed by atoms with van der Waals surface area (Å²) in [5, 5.41) is 6.31. The molecule has 0 atom stereocenters. The molecule has 0 saturated heterocycles. The van der Waals surface area contributed by atoms with Gasteiger partial charge in [0.2, 0.25) is 0 Å². The van der Waals surface area contributed by atoms with Crippen molar-refractivity contribution in [3.05, 3.63) is 64.1 Å². The van der Waals surface area contributed by atoms with E-state index in [9.17, 15) is 0 Å². The maximum absolute atomic E-state index is 5.99. The van der Waals surface area contributed by atoms with Gasteiger partial charge in [0.05, 0.1) is 11.4 Å². The van der Waals surface area contributed by atoms with Crippen molar-refractivity contribution in [3.8, 4) is 0 Å². The molecule has 3 rings (SSSR count). The van der Waals surface area contributed by atoms with Gasteiger partial charge in [0.25, 0.3) is 0 Å². The van der Waals surface area contributed by atoms with Gasteiger partial charge in [-0.1, -0.05) is 39.7 Å². The highest BCUT2D eigenvalue weighted by molar-refractivity contribution is 9.10. The number of hydrogen-bond acceptors (Lipinski definition) is 2. The van der Waals surface area contributed by atoms with Gasteiger partial charge < -0.3 is 11.1 Å². The van der Waals surface area contributed by atoms with Crippen molar-refractivity contribution in [1.82, 2.24) is 0 Å². The van der Waals surface area contributed by atoms with E-state index in [-0.39, 0.29) is 0 Å². The molecule has 0 aromatic heterocycles. The Morgan fingerprint density at radius 3 is 2.50 bits per heavy atom. The molecule has 0 fully saturated rings. The highest BCUT2D eigenvalue weighted by Gasteiger charge is 2.02. The van der Waals surface area contributed by atoms with E-state index in [1.54, 1.807) is 12.1 Å². The average molecular weight is 348 g/mol. The monoisotopic (exact) mass is 346 g/mol. The number of anilines is 3. The Bertz CT molecular complexity index is 787. The highest BCUT2D eigenvalue weighted by Crippen LogP contribution is 2.29. The molecule has 0 radical (unpaired) electrons. The first-order chi connectivity index (χ1) is 9.61. The normalized spacial score (nSPS) is 10.7. The van der Waals surface area contributed by atoms with Crippen molar-refractivity contribution >= 4 is 55.4 Å². The Morgan fingerprint density at radius 1 is 0.900 bits per heavy atom. The number of nitrogen functional groups attached to an aromatic ring is 1. The van der Waals surface area contributed by atoms with E-state index in [1.165, 1.54) is 10.8 Å². The van der Waals surface area contributed by atoms with Crippen LogP contribution in [0, 0.1) is 0 Å². The van der Waals surface area contributed by atoms with Crippen LogP contribution in [0.3, 0.4) is 0 Å². The van der Waals surface area contributed by atoms with Crippen LogP contribution in [0.4, 0.5) is 17.1 Å². The zero-order chi connectivity index (χ0) is 14.1. The molecule has 0 aliphatic heterocycles. The van der Waals surface area contributed by atoms with E-state index in [0.29, 0.717) is 10.7 Å². The topological polar surface area (TPSA) is 38.0 Å². The minimum absolute atomic E-state index is 0.659.